The third kappa shape index (κ3) is 25.6. The van der Waals surface area contributed by atoms with Gasteiger partial charge in [0.25, 0.3) is 0 Å². The van der Waals surface area contributed by atoms with Crippen LogP contribution in [0.4, 0.5) is 0 Å². The second-order valence-corrected chi connectivity index (χ2v) is 17.2. The average Bonchev–Trinajstić information content (AvgIpc) is 4.04. The van der Waals surface area contributed by atoms with Crippen molar-refractivity contribution < 1.29 is 37.6 Å². The van der Waals surface area contributed by atoms with Crippen molar-refractivity contribution in [2.45, 2.75) is 200 Å². The van der Waals surface area contributed by atoms with E-state index < -0.39 is 26.5 Å². The number of nitrogens with two attached hydrogens (primary N) is 1. The summed E-state index contributed by atoms with van der Waals surface area (Å²) in [4.78, 5) is 34.9. The van der Waals surface area contributed by atoms with Gasteiger partial charge in [0.1, 0.15) is 6.61 Å². The van der Waals surface area contributed by atoms with Gasteiger partial charge in [-0.15, -0.1) is 0 Å². The van der Waals surface area contributed by atoms with Crippen LogP contribution in [0, 0.1) is 23.7 Å². The first-order chi connectivity index (χ1) is 24.8. The Morgan fingerprint density at radius 1 is 0.608 bits per heavy atom. The van der Waals surface area contributed by atoms with Crippen molar-refractivity contribution in [3.8, 4) is 0 Å². The average molecular weight is 744 g/mol. The minimum absolute atomic E-state index is 0.0598. The molecular formula is C41H78NO8P. The monoisotopic (exact) mass is 744 g/mol. The van der Waals surface area contributed by atoms with E-state index in [1.807, 2.05) is 0 Å². The van der Waals surface area contributed by atoms with Crippen LogP contribution < -0.4 is 5.73 Å². The van der Waals surface area contributed by atoms with Crippen LogP contribution in [0.1, 0.15) is 194 Å². The van der Waals surface area contributed by atoms with Crippen molar-refractivity contribution in [1.29, 1.82) is 0 Å². The molecule has 0 aromatic rings. The van der Waals surface area contributed by atoms with E-state index in [0.29, 0.717) is 12.8 Å². The molecule has 2 fully saturated rings. The molecule has 0 amide bonds. The van der Waals surface area contributed by atoms with Gasteiger partial charge in [-0.1, -0.05) is 155 Å². The Kier molecular flexibility index (Phi) is 26.6. The summed E-state index contributed by atoms with van der Waals surface area (Å²) in [6.07, 6.45) is 32.2. The van der Waals surface area contributed by atoms with Crippen molar-refractivity contribution in [3.05, 3.63) is 0 Å². The second-order valence-electron chi connectivity index (χ2n) is 15.7. The quantitative estimate of drug-likeness (QED) is 0.0362. The number of phosphoric acid groups is 1. The van der Waals surface area contributed by atoms with Gasteiger partial charge in [-0.05, 0) is 49.4 Å². The molecular weight excluding hydrogens is 665 g/mol. The molecule has 0 aromatic heterocycles. The molecule has 0 spiro atoms. The molecule has 300 valence electrons. The summed E-state index contributed by atoms with van der Waals surface area (Å²) in [5, 5.41) is 0. The predicted octanol–water partition coefficient (Wildman–Crippen LogP) is 11.0. The molecule has 2 aliphatic rings. The number of carbonyl (C=O) groups excluding carboxylic acids is 2. The molecule has 0 bridgehead atoms. The first kappa shape index (κ1) is 46.2. The van der Waals surface area contributed by atoms with Crippen molar-refractivity contribution >= 4 is 19.8 Å². The summed E-state index contributed by atoms with van der Waals surface area (Å²) in [7, 11) is -4.37. The Balaban J connectivity index is 1.52. The van der Waals surface area contributed by atoms with E-state index in [4.69, 9.17) is 24.3 Å². The Morgan fingerprint density at radius 2 is 1.02 bits per heavy atom. The fraction of sp³-hybridized carbons (Fsp3) is 0.951. The summed E-state index contributed by atoms with van der Waals surface area (Å²) in [6, 6.07) is 0. The zero-order chi connectivity index (χ0) is 37.0. The van der Waals surface area contributed by atoms with Gasteiger partial charge in [-0.3, -0.25) is 18.6 Å². The van der Waals surface area contributed by atoms with Crippen LogP contribution in [0.2, 0.25) is 0 Å². The zero-order valence-corrected chi connectivity index (χ0v) is 33.7. The number of rotatable bonds is 37. The fourth-order valence-electron chi connectivity index (χ4n) is 7.47. The van der Waals surface area contributed by atoms with E-state index in [1.54, 1.807) is 0 Å². The van der Waals surface area contributed by atoms with Gasteiger partial charge in [-0.25, -0.2) is 4.57 Å². The maximum atomic E-state index is 12.6. The summed E-state index contributed by atoms with van der Waals surface area (Å²) in [5.74, 6) is 3.13. The predicted molar refractivity (Wildman–Crippen MR) is 206 cm³/mol. The van der Waals surface area contributed by atoms with Gasteiger partial charge in [0.2, 0.25) is 0 Å². The molecule has 6 atom stereocenters. The van der Waals surface area contributed by atoms with E-state index in [-0.39, 0.29) is 32.1 Å². The topological polar surface area (TPSA) is 134 Å². The first-order valence-corrected chi connectivity index (χ1v) is 22.9. The summed E-state index contributed by atoms with van der Waals surface area (Å²) in [6.45, 7) is 3.80. The lowest BCUT2D eigenvalue weighted by Gasteiger charge is -2.19. The van der Waals surface area contributed by atoms with Crippen LogP contribution in [0.5, 0.6) is 0 Å². The Labute approximate surface area is 312 Å². The van der Waals surface area contributed by atoms with Crippen molar-refractivity contribution in [3.63, 3.8) is 0 Å². The number of esters is 2. The number of phosphoric ester groups is 1. The lowest BCUT2D eigenvalue weighted by atomic mass is 10.0. The van der Waals surface area contributed by atoms with E-state index in [0.717, 1.165) is 55.8 Å². The molecule has 3 N–H and O–H groups in total. The zero-order valence-electron chi connectivity index (χ0n) is 32.8. The molecule has 51 heavy (non-hydrogen) atoms. The largest absolute Gasteiger partial charge is 0.472 e. The van der Waals surface area contributed by atoms with Crippen LogP contribution in [-0.2, 0) is 32.7 Å². The lowest BCUT2D eigenvalue weighted by Crippen LogP contribution is -2.29. The molecule has 2 saturated carbocycles. The molecule has 2 aliphatic carbocycles. The highest BCUT2D eigenvalue weighted by Gasteiger charge is 2.35. The van der Waals surface area contributed by atoms with Crippen LogP contribution in [0.3, 0.4) is 0 Å². The van der Waals surface area contributed by atoms with Crippen molar-refractivity contribution in [1.82, 2.24) is 0 Å². The van der Waals surface area contributed by atoms with E-state index in [9.17, 15) is 19.0 Å². The molecule has 10 heteroatoms. The van der Waals surface area contributed by atoms with Gasteiger partial charge in [0, 0.05) is 19.4 Å². The number of ether oxygens (including phenoxy) is 2. The highest BCUT2D eigenvalue weighted by Crippen LogP contribution is 2.47. The summed E-state index contributed by atoms with van der Waals surface area (Å²) < 4.78 is 32.8. The molecule has 1 unspecified atom stereocenters. The minimum Gasteiger partial charge on any atom is -0.462 e. The van der Waals surface area contributed by atoms with E-state index in [1.165, 1.54) is 128 Å². The molecule has 0 aliphatic heterocycles. The Morgan fingerprint density at radius 3 is 1.47 bits per heavy atom. The normalized spacial score (nSPS) is 21.3. The maximum Gasteiger partial charge on any atom is 0.472 e. The third-order valence-corrected chi connectivity index (χ3v) is 11.9. The van der Waals surface area contributed by atoms with E-state index in [2.05, 4.69) is 13.8 Å². The smallest absolute Gasteiger partial charge is 0.462 e. The van der Waals surface area contributed by atoms with Crippen LogP contribution in [0.15, 0.2) is 0 Å². The number of unbranched alkanes of at least 4 members (excludes halogenated alkanes) is 16. The van der Waals surface area contributed by atoms with Gasteiger partial charge >= 0.3 is 19.8 Å². The Bertz CT molecular complexity index is 935. The minimum atomic E-state index is -4.37. The van der Waals surface area contributed by atoms with Gasteiger partial charge in [0.15, 0.2) is 6.10 Å². The maximum absolute atomic E-state index is 12.6. The fourth-order valence-corrected chi connectivity index (χ4v) is 8.23. The SMILES string of the molecule is CCCCCC[C@H]1C[C@H]1CCCCCCCCCC(=O)OC[C@H](COP(=O)(O)OCCN)OC(=O)CCCCCCC[C@@H]1C[C@@H]1CCCCCC. The summed E-state index contributed by atoms with van der Waals surface area (Å²) >= 11 is 0. The molecule has 2 rings (SSSR count). The third-order valence-electron chi connectivity index (χ3n) is 10.9. The molecule has 0 heterocycles. The van der Waals surface area contributed by atoms with Crippen LogP contribution >= 0.6 is 7.82 Å². The van der Waals surface area contributed by atoms with Gasteiger partial charge in [0.05, 0.1) is 13.2 Å². The van der Waals surface area contributed by atoms with Crippen molar-refractivity contribution in [2.75, 3.05) is 26.4 Å². The standard InChI is InChI=1S/C41H78NO8P/c1-3-5-7-17-23-35-31-37(35)25-19-13-10-9-11-15-21-27-40(43)47-33-39(34-49-51(45,46)48-30-29-42)50-41(44)28-22-16-12-14-20-26-38-32-36(38)24-18-8-6-4-2/h35-39H,3-34,42H2,1-2H3,(H,45,46)/t35-,36-,37+,38+,39+/m0/s1. The first-order valence-electron chi connectivity index (χ1n) is 21.4. The van der Waals surface area contributed by atoms with Crippen molar-refractivity contribution in [2.24, 2.45) is 29.4 Å². The Hall–Kier alpha value is -0.990. The highest BCUT2D eigenvalue weighted by molar-refractivity contribution is 7.47. The van der Waals surface area contributed by atoms with Crippen LogP contribution in [-0.4, -0.2) is 49.3 Å². The lowest BCUT2D eigenvalue weighted by molar-refractivity contribution is -0.161. The van der Waals surface area contributed by atoms with Gasteiger partial charge in [-0.2, -0.15) is 0 Å². The molecule has 0 radical (unpaired) electrons. The molecule has 9 nitrogen and oxygen atoms in total. The number of carbonyl (C=O) groups is 2. The highest BCUT2D eigenvalue weighted by atomic mass is 31.2. The number of hydrogen-bond acceptors (Lipinski definition) is 8. The second kappa shape index (κ2) is 29.4. The van der Waals surface area contributed by atoms with Gasteiger partial charge < -0.3 is 20.1 Å². The molecule has 0 saturated heterocycles. The number of hydrogen-bond donors (Lipinski definition) is 2. The van der Waals surface area contributed by atoms with E-state index >= 15 is 0 Å². The summed E-state index contributed by atoms with van der Waals surface area (Å²) in [5.41, 5.74) is 5.35. The molecule has 0 aromatic carbocycles. The van der Waals surface area contributed by atoms with Crippen LogP contribution in [0.25, 0.3) is 0 Å².